The Bertz CT molecular complexity index is 1340. The third-order valence-electron chi connectivity index (χ3n) is 6.09. The van der Waals surface area contributed by atoms with Crippen LogP contribution in [0.1, 0.15) is 39.7 Å². The van der Waals surface area contributed by atoms with Crippen molar-refractivity contribution < 1.29 is 22.4 Å². The molecule has 10 heteroatoms. The first-order valence-electron chi connectivity index (χ1n) is 10.9. The molecule has 1 aromatic heterocycles. The van der Waals surface area contributed by atoms with Gasteiger partial charge >= 0.3 is 0 Å². The maximum Gasteiger partial charge on any atom is 0.255 e. The molecule has 0 aliphatic carbocycles. The van der Waals surface area contributed by atoms with Gasteiger partial charge in [-0.05, 0) is 66.8 Å². The van der Waals surface area contributed by atoms with E-state index >= 15 is 0 Å². The number of nitrogens with one attached hydrogen (secondary N) is 1. The molecule has 1 saturated heterocycles. The van der Waals surface area contributed by atoms with Gasteiger partial charge < -0.3 is 10.2 Å². The summed E-state index contributed by atoms with van der Waals surface area (Å²) < 4.78 is 41.3. The zero-order valence-corrected chi connectivity index (χ0v) is 19.7. The number of rotatable bonds is 4. The summed E-state index contributed by atoms with van der Waals surface area (Å²) >= 11 is 1.41. The summed E-state index contributed by atoms with van der Waals surface area (Å²) in [6, 6.07) is 12.9. The van der Waals surface area contributed by atoms with Crippen LogP contribution in [0.5, 0.6) is 0 Å². The smallest absolute Gasteiger partial charge is 0.255 e. The van der Waals surface area contributed by atoms with Gasteiger partial charge in [-0.2, -0.15) is 4.31 Å². The van der Waals surface area contributed by atoms with Gasteiger partial charge in [0.15, 0.2) is 0 Å². The van der Waals surface area contributed by atoms with Crippen molar-refractivity contribution in [1.82, 2.24) is 9.21 Å². The molecule has 3 heterocycles. The van der Waals surface area contributed by atoms with Crippen LogP contribution in [0.2, 0.25) is 0 Å². The molecule has 5 rings (SSSR count). The highest BCUT2D eigenvalue weighted by molar-refractivity contribution is 7.89. The molecule has 1 N–H and O–H groups in total. The number of anilines is 1. The number of hydrogen-bond acceptors (Lipinski definition) is 5. The maximum atomic E-state index is 14.2. The van der Waals surface area contributed by atoms with Crippen molar-refractivity contribution in [2.24, 2.45) is 0 Å². The summed E-state index contributed by atoms with van der Waals surface area (Å²) in [5.74, 6) is -1.32. The van der Waals surface area contributed by atoms with E-state index in [0.29, 0.717) is 24.3 Å². The lowest BCUT2D eigenvalue weighted by molar-refractivity contribution is -0.117. The number of carbonyl (C=O) groups is 2. The molecule has 2 aliphatic heterocycles. The standard InChI is InChI=1S/C24H22FN3O4S2/c25-17-7-10-20-19(14-17)23(21-4-3-13-33-21)28(15-22(29)26-20)24(30)16-5-8-18(9-6-16)34(31,32)27-11-1-2-12-27/h3-10,13-14,23H,1-2,11-12,15H2,(H,26,29). The van der Waals surface area contributed by atoms with Crippen molar-refractivity contribution in [2.45, 2.75) is 23.8 Å². The second-order valence-electron chi connectivity index (χ2n) is 8.27. The molecule has 7 nitrogen and oxygen atoms in total. The van der Waals surface area contributed by atoms with Gasteiger partial charge in [-0.1, -0.05) is 6.07 Å². The first-order chi connectivity index (χ1) is 16.3. The Morgan fingerprint density at radius 3 is 2.47 bits per heavy atom. The minimum atomic E-state index is -3.61. The first kappa shape index (κ1) is 22.7. The van der Waals surface area contributed by atoms with E-state index in [4.69, 9.17) is 0 Å². The number of halogens is 1. The molecule has 2 aliphatic rings. The summed E-state index contributed by atoms with van der Waals surface area (Å²) in [4.78, 5) is 28.6. The van der Waals surface area contributed by atoms with E-state index in [1.54, 1.807) is 0 Å². The van der Waals surface area contributed by atoms with Crippen molar-refractivity contribution in [2.75, 3.05) is 25.0 Å². The van der Waals surface area contributed by atoms with E-state index < -0.39 is 33.7 Å². The Morgan fingerprint density at radius 1 is 1.06 bits per heavy atom. The highest BCUT2D eigenvalue weighted by atomic mass is 32.2. The number of hydrogen-bond donors (Lipinski definition) is 1. The Balaban J connectivity index is 1.52. The van der Waals surface area contributed by atoms with Gasteiger partial charge in [0.25, 0.3) is 5.91 Å². The number of sulfonamides is 1. The number of thiophene rings is 1. The van der Waals surface area contributed by atoms with Crippen LogP contribution in [0.4, 0.5) is 10.1 Å². The summed E-state index contributed by atoms with van der Waals surface area (Å²) in [6.45, 7) is 0.750. The van der Waals surface area contributed by atoms with Crippen LogP contribution in [0.3, 0.4) is 0 Å². The third-order valence-corrected chi connectivity index (χ3v) is 8.92. The summed E-state index contributed by atoms with van der Waals surface area (Å²) in [5.41, 5.74) is 1.18. The van der Waals surface area contributed by atoms with Gasteiger partial charge in [0.2, 0.25) is 15.9 Å². The summed E-state index contributed by atoms with van der Waals surface area (Å²) in [7, 11) is -3.61. The Hall–Kier alpha value is -3.08. The van der Waals surface area contributed by atoms with Crippen LogP contribution in [0, 0.1) is 5.82 Å². The lowest BCUT2D eigenvalue weighted by Gasteiger charge is -2.29. The lowest BCUT2D eigenvalue weighted by atomic mass is 10.0. The number of benzene rings is 2. The van der Waals surface area contributed by atoms with E-state index in [9.17, 15) is 22.4 Å². The second kappa shape index (κ2) is 8.94. The van der Waals surface area contributed by atoms with Crippen LogP contribution in [-0.4, -0.2) is 49.1 Å². The number of nitrogens with zero attached hydrogens (tertiary/aromatic N) is 2. The minimum Gasteiger partial charge on any atom is -0.324 e. The average molecular weight is 500 g/mol. The Morgan fingerprint density at radius 2 is 1.79 bits per heavy atom. The molecule has 176 valence electrons. The van der Waals surface area contributed by atoms with Crippen LogP contribution in [0.15, 0.2) is 64.9 Å². The highest BCUT2D eigenvalue weighted by Gasteiger charge is 2.35. The first-order valence-corrected chi connectivity index (χ1v) is 13.2. The van der Waals surface area contributed by atoms with Crippen molar-refractivity contribution >= 4 is 38.9 Å². The van der Waals surface area contributed by atoms with Crippen LogP contribution in [-0.2, 0) is 14.8 Å². The van der Waals surface area contributed by atoms with Gasteiger partial charge in [0.05, 0.1) is 10.9 Å². The van der Waals surface area contributed by atoms with Crippen LogP contribution in [0.25, 0.3) is 0 Å². The van der Waals surface area contributed by atoms with E-state index in [1.807, 2.05) is 17.5 Å². The molecule has 2 amide bonds. The fourth-order valence-electron chi connectivity index (χ4n) is 4.43. The predicted octanol–water partition coefficient (Wildman–Crippen LogP) is 3.86. The number of fused-ring (bicyclic) bond motifs is 1. The Labute approximate surface area is 200 Å². The molecule has 2 aromatic carbocycles. The van der Waals surface area contributed by atoms with Crippen molar-refractivity contribution in [3.63, 3.8) is 0 Å². The summed E-state index contributed by atoms with van der Waals surface area (Å²) in [5, 5.41) is 4.61. The summed E-state index contributed by atoms with van der Waals surface area (Å²) in [6.07, 6.45) is 1.66. The van der Waals surface area contributed by atoms with Gasteiger partial charge in [-0.15, -0.1) is 11.3 Å². The van der Waals surface area contributed by atoms with Gasteiger partial charge in [-0.3, -0.25) is 9.59 Å². The molecule has 1 atom stereocenters. The molecule has 1 unspecified atom stereocenters. The van der Waals surface area contributed by atoms with E-state index in [2.05, 4.69) is 5.32 Å². The van der Waals surface area contributed by atoms with Crippen LogP contribution < -0.4 is 5.32 Å². The van der Waals surface area contributed by atoms with E-state index in [-0.39, 0.29) is 17.0 Å². The topological polar surface area (TPSA) is 86.8 Å². The minimum absolute atomic E-state index is 0.127. The Kier molecular flexibility index (Phi) is 5.97. The zero-order valence-electron chi connectivity index (χ0n) is 18.1. The molecular formula is C24H22FN3O4S2. The molecule has 34 heavy (non-hydrogen) atoms. The normalized spacial score (nSPS) is 18.9. The average Bonchev–Trinajstić information content (AvgIpc) is 3.53. The molecular weight excluding hydrogens is 477 g/mol. The van der Waals surface area contributed by atoms with Crippen molar-refractivity contribution in [1.29, 1.82) is 0 Å². The van der Waals surface area contributed by atoms with Crippen LogP contribution >= 0.6 is 11.3 Å². The number of amides is 2. The SMILES string of the molecule is O=C1CN(C(=O)c2ccc(S(=O)(=O)N3CCCC3)cc2)C(c2cccs2)c2cc(F)ccc2N1. The lowest BCUT2D eigenvalue weighted by Crippen LogP contribution is -2.38. The zero-order chi connectivity index (χ0) is 23.9. The quantitative estimate of drug-likeness (QED) is 0.591. The molecule has 0 radical (unpaired) electrons. The van der Waals surface area contributed by atoms with E-state index in [0.717, 1.165) is 17.7 Å². The third kappa shape index (κ3) is 4.13. The fraction of sp³-hybridized carbons (Fsp3) is 0.250. The monoisotopic (exact) mass is 499 g/mol. The predicted molar refractivity (Wildman–Crippen MR) is 127 cm³/mol. The van der Waals surface area contributed by atoms with Crippen molar-refractivity contribution in [3.8, 4) is 0 Å². The molecule has 0 saturated carbocycles. The van der Waals surface area contributed by atoms with Crippen molar-refractivity contribution in [3.05, 3.63) is 81.8 Å². The largest absolute Gasteiger partial charge is 0.324 e. The molecule has 3 aromatic rings. The molecule has 0 bridgehead atoms. The maximum absolute atomic E-state index is 14.2. The van der Waals surface area contributed by atoms with E-state index in [1.165, 1.54) is 63.0 Å². The number of carbonyl (C=O) groups excluding carboxylic acids is 2. The van der Waals surface area contributed by atoms with Gasteiger partial charge in [0, 0.05) is 34.8 Å². The molecule has 0 spiro atoms. The highest BCUT2D eigenvalue weighted by Crippen LogP contribution is 2.39. The fourth-order valence-corrected chi connectivity index (χ4v) is 6.80. The van der Waals surface area contributed by atoms with Gasteiger partial charge in [0.1, 0.15) is 12.4 Å². The van der Waals surface area contributed by atoms with Gasteiger partial charge in [-0.25, -0.2) is 12.8 Å². The second-order valence-corrected chi connectivity index (χ2v) is 11.2. The molecule has 1 fully saturated rings.